The van der Waals surface area contributed by atoms with Crippen LogP contribution in [-0.2, 0) is 6.42 Å². The summed E-state index contributed by atoms with van der Waals surface area (Å²) in [5.74, 6) is -0.952. The maximum absolute atomic E-state index is 12.4. The van der Waals surface area contributed by atoms with Gasteiger partial charge in [-0.15, -0.1) is 0 Å². The van der Waals surface area contributed by atoms with Gasteiger partial charge in [0.1, 0.15) is 0 Å². The molecule has 1 aromatic carbocycles. The molecule has 5 nitrogen and oxygen atoms in total. The first-order valence-corrected chi connectivity index (χ1v) is 7.57. The first-order valence-electron chi connectivity index (χ1n) is 6.62. The molecule has 108 valence electrons. The van der Waals surface area contributed by atoms with Crippen molar-refractivity contribution in [1.29, 1.82) is 0 Å². The van der Waals surface area contributed by atoms with E-state index in [1.54, 1.807) is 23.1 Å². The van der Waals surface area contributed by atoms with Gasteiger partial charge in [-0.3, -0.25) is 4.90 Å². The highest BCUT2D eigenvalue weighted by atomic mass is 32.1. The average molecular weight is 302 g/mol. The predicted octanol–water partition coefficient (Wildman–Crippen LogP) is 3.43. The minimum Gasteiger partial charge on any atom is -0.478 e. The molecule has 0 aliphatic carbocycles. The van der Waals surface area contributed by atoms with E-state index in [1.165, 1.54) is 11.3 Å². The van der Waals surface area contributed by atoms with Gasteiger partial charge in [-0.2, -0.15) is 11.3 Å². The quantitative estimate of drug-likeness (QED) is 0.893. The van der Waals surface area contributed by atoms with E-state index < -0.39 is 5.97 Å². The number of amides is 2. The number of hydrogen-bond acceptors (Lipinski definition) is 3. The van der Waals surface area contributed by atoms with E-state index in [2.05, 4.69) is 5.32 Å². The van der Waals surface area contributed by atoms with Gasteiger partial charge in [0.15, 0.2) is 0 Å². The maximum Gasteiger partial charge on any atom is 0.336 e. The smallest absolute Gasteiger partial charge is 0.336 e. The van der Waals surface area contributed by atoms with E-state index in [-0.39, 0.29) is 11.6 Å². The van der Waals surface area contributed by atoms with Crippen molar-refractivity contribution in [2.24, 2.45) is 0 Å². The van der Waals surface area contributed by atoms with Gasteiger partial charge in [-0.05, 0) is 42.0 Å². The highest BCUT2D eigenvalue weighted by molar-refractivity contribution is 7.08. The fourth-order valence-corrected chi connectivity index (χ4v) is 3.15. The number of thiophene rings is 1. The highest BCUT2D eigenvalue weighted by Gasteiger charge is 2.26. The van der Waals surface area contributed by atoms with Crippen LogP contribution in [0.1, 0.15) is 22.3 Å². The number of fused-ring (bicyclic) bond motifs is 1. The topological polar surface area (TPSA) is 69.6 Å². The highest BCUT2D eigenvalue weighted by Crippen LogP contribution is 2.30. The third-order valence-electron chi connectivity index (χ3n) is 3.50. The molecule has 0 unspecified atom stereocenters. The molecule has 6 heteroatoms. The molecular formula is C15H14N2O3S. The number of rotatable bonds is 2. The van der Waals surface area contributed by atoms with Crippen molar-refractivity contribution in [1.82, 2.24) is 0 Å². The molecule has 2 heterocycles. The number of nitrogens with zero attached hydrogens (tertiary/aromatic N) is 1. The summed E-state index contributed by atoms with van der Waals surface area (Å²) in [4.78, 5) is 25.3. The molecule has 0 radical (unpaired) electrons. The van der Waals surface area contributed by atoms with E-state index in [1.807, 2.05) is 16.8 Å². The Balaban J connectivity index is 1.92. The first kappa shape index (κ1) is 13.6. The fraction of sp³-hybridized carbons (Fsp3) is 0.200. The van der Waals surface area contributed by atoms with Crippen molar-refractivity contribution >= 4 is 34.7 Å². The van der Waals surface area contributed by atoms with Crippen LogP contribution in [0.15, 0.2) is 35.0 Å². The van der Waals surface area contributed by atoms with Crippen LogP contribution in [-0.4, -0.2) is 23.7 Å². The number of aromatic carboxylic acids is 1. The molecule has 2 N–H and O–H groups in total. The van der Waals surface area contributed by atoms with Crippen LogP contribution in [0.2, 0.25) is 0 Å². The summed E-state index contributed by atoms with van der Waals surface area (Å²) in [7, 11) is 0. The fourth-order valence-electron chi connectivity index (χ4n) is 2.56. The Morgan fingerprint density at radius 3 is 2.86 bits per heavy atom. The number of benzene rings is 1. The Labute approximate surface area is 125 Å². The minimum absolute atomic E-state index is 0.225. The Morgan fingerprint density at radius 1 is 1.29 bits per heavy atom. The Bertz CT molecular complexity index is 682. The molecule has 3 rings (SSSR count). The van der Waals surface area contributed by atoms with E-state index in [0.29, 0.717) is 18.7 Å². The monoisotopic (exact) mass is 302 g/mol. The molecule has 0 atom stereocenters. The Morgan fingerprint density at radius 2 is 2.14 bits per heavy atom. The van der Waals surface area contributed by atoms with Crippen LogP contribution in [0.5, 0.6) is 0 Å². The standard InChI is InChI=1S/C15H14N2O3S/c18-14(19)12-3-1-5-13-11(12)4-2-7-17(13)15(20)16-10-6-8-21-9-10/h1,3,5-6,8-9H,2,4,7H2,(H,16,20)(H,18,19). The van der Waals surface area contributed by atoms with E-state index in [9.17, 15) is 14.7 Å². The molecule has 1 aliphatic heterocycles. The SMILES string of the molecule is O=C(O)c1cccc2c1CCCN2C(=O)Nc1ccsc1. The lowest BCUT2D eigenvalue weighted by atomic mass is 9.96. The number of carboxylic acid groups (broad SMARTS) is 1. The summed E-state index contributed by atoms with van der Waals surface area (Å²) in [6.45, 7) is 0.589. The van der Waals surface area contributed by atoms with Gasteiger partial charge < -0.3 is 10.4 Å². The van der Waals surface area contributed by atoms with Crippen LogP contribution < -0.4 is 10.2 Å². The molecule has 1 aliphatic rings. The van der Waals surface area contributed by atoms with Crippen LogP contribution >= 0.6 is 11.3 Å². The first-order chi connectivity index (χ1) is 10.2. The number of carboxylic acids is 1. The van der Waals surface area contributed by atoms with Crippen LogP contribution in [0, 0.1) is 0 Å². The zero-order chi connectivity index (χ0) is 14.8. The van der Waals surface area contributed by atoms with Crippen molar-refractivity contribution in [2.45, 2.75) is 12.8 Å². The normalized spacial score (nSPS) is 13.6. The van der Waals surface area contributed by atoms with Crippen molar-refractivity contribution in [3.05, 3.63) is 46.2 Å². The van der Waals surface area contributed by atoms with E-state index >= 15 is 0 Å². The molecule has 1 aromatic heterocycles. The molecule has 0 spiro atoms. The van der Waals surface area contributed by atoms with Crippen molar-refractivity contribution in [2.75, 3.05) is 16.8 Å². The van der Waals surface area contributed by atoms with Gasteiger partial charge in [0, 0.05) is 17.6 Å². The summed E-state index contributed by atoms with van der Waals surface area (Å²) in [6, 6.07) is 6.67. The number of nitrogens with one attached hydrogen (secondary N) is 1. The molecule has 2 amide bonds. The Hall–Kier alpha value is -2.34. The van der Waals surface area contributed by atoms with Gasteiger partial charge in [-0.1, -0.05) is 6.07 Å². The number of urea groups is 1. The van der Waals surface area contributed by atoms with Crippen LogP contribution in [0.4, 0.5) is 16.2 Å². The molecule has 0 bridgehead atoms. The van der Waals surface area contributed by atoms with Gasteiger partial charge in [0.2, 0.25) is 0 Å². The lowest BCUT2D eigenvalue weighted by molar-refractivity contribution is 0.0695. The molecule has 21 heavy (non-hydrogen) atoms. The van der Waals surface area contributed by atoms with Crippen LogP contribution in [0.25, 0.3) is 0 Å². The second kappa shape index (κ2) is 5.57. The number of anilines is 2. The van der Waals surface area contributed by atoms with Gasteiger partial charge >= 0.3 is 12.0 Å². The van der Waals surface area contributed by atoms with Gasteiger partial charge in [-0.25, -0.2) is 9.59 Å². The minimum atomic E-state index is -0.952. The zero-order valence-corrected chi connectivity index (χ0v) is 12.0. The van der Waals surface area contributed by atoms with Crippen molar-refractivity contribution in [3.63, 3.8) is 0 Å². The summed E-state index contributed by atoms with van der Waals surface area (Å²) >= 11 is 1.51. The second-order valence-electron chi connectivity index (χ2n) is 4.81. The number of hydrogen-bond donors (Lipinski definition) is 2. The van der Waals surface area contributed by atoms with Crippen molar-refractivity contribution in [3.8, 4) is 0 Å². The van der Waals surface area contributed by atoms with Gasteiger partial charge in [0.05, 0.1) is 11.3 Å². The lowest BCUT2D eigenvalue weighted by Crippen LogP contribution is -2.39. The van der Waals surface area contributed by atoms with Crippen molar-refractivity contribution < 1.29 is 14.7 Å². The summed E-state index contributed by atoms with van der Waals surface area (Å²) in [6.07, 6.45) is 1.44. The zero-order valence-electron chi connectivity index (χ0n) is 11.2. The van der Waals surface area contributed by atoms with Gasteiger partial charge in [0.25, 0.3) is 0 Å². The molecular weight excluding hydrogens is 288 g/mol. The largest absolute Gasteiger partial charge is 0.478 e. The molecule has 2 aromatic rings. The molecule has 0 saturated heterocycles. The molecule has 0 saturated carbocycles. The molecule has 0 fully saturated rings. The maximum atomic E-state index is 12.4. The Kier molecular flexibility index (Phi) is 3.62. The lowest BCUT2D eigenvalue weighted by Gasteiger charge is -2.30. The summed E-state index contributed by atoms with van der Waals surface area (Å²) in [5.41, 5.74) is 2.46. The number of carbonyl (C=O) groups excluding carboxylic acids is 1. The van der Waals surface area contributed by atoms with E-state index in [0.717, 1.165) is 17.7 Å². The third kappa shape index (κ3) is 2.62. The predicted molar refractivity (Wildman–Crippen MR) is 82.4 cm³/mol. The average Bonchev–Trinajstić information content (AvgIpc) is 2.98. The number of carbonyl (C=O) groups is 2. The van der Waals surface area contributed by atoms with E-state index in [4.69, 9.17) is 0 Å². The van der Waals surface area contributed by atoms with Crippen LogP contribution in [0.3, 0.4) is 0 Å². The second-order valence-corrected chi connectivity index (χ2v) is 5.59. The third-order valence-corrected chi connectivity index (χ3v) is 4.18. The summed E-state index contributed by atoms with van der Waals surface area (Å²) < 4.78 is 0. The summed E-state index contributed by atoms with van der Waals surface area (Å²) in [5, 5.41) is 15.8.